The molecule has 4 heteroatoms. The maximum atomic E-state index is 13.0. The number of allylic oxidation sites excluding steroid dienone is 1. The summed E-state index contributed by atoms with van der Waals surface area (Å²) in [6.07, 6.45) is 2.21. The summed E-state index contributed by atoms with van der Waals surface area (Å²) in [5, 5.41) is 11.1. The van der Waals surface area contributed by atoms with Crippen molar-refractivity contribution in [2.45, 2.75) is 32.4 Å². The molecule has 3 nitrogen and oxygen atoms in total. The molecule has 0 aliphatic carbocycles. The van der Waals surface area contributed by atoms with Gasteiger partial charge in [-0.3, -0.25) is 4.79 Å². The van der Waals surface area contributed by atoms with Crippen LogP contribution in [-0.4, -0.2) is 11.0 Å². The summed E-state index contributed by atoms with van der Waals surface area (Å²) in [4.78, 5) is 14.7. The molecular weight excluding hydrogens is 366 g/mol. The number of para-hydroxylation sites is 1. The number of anilines is 1. The molecule has 1 unspecified atom stereocenters. The average Bonchev–Trinajstić information content (AvgIpc) is 2.78. The average molecular weight is 386 g/mol. The molecule has 1 aliphatic rings. The van der Waals surface area contributed by atoms with Crippen molar-refractivity contribution < 1.29 is 9.90 Å². The van der Waals surface area contributed by atoms with Crippen LogP contribution in [0.15, 0.2) is 64.7 Å². The molecule has 2 aromatic rings. The van der Waals surface area contributed by atoms with E-state index >= 15 is 0 Å². The van der Waals surface area contributed by atoms with Crippen LogP contribution in [0, 0.1) is 0 Å². The van der Waals surface area contributed by atoms with Gasteiger partial charge in [-0.05, 0) is 37.6 Å². The Morgan fingerprint density at radius 1 is 1.17 bits per heavy atom. The normalized spacial score (nSPS) is 19.3. The van der Waals surface area contributed by atoms with Crippen molar-refractivity contribution in [1.82, 2.24) is 0 Å². The highest BCUT2D eigenvalue weighted by Gasteiger charge is 2.48. The van der Waals surface area contributed by atoms with Gasteiger partial charge >= 0.3 is 0 Å². The second-order valence-electron chi connectivity index (χ2n) is 6.38. The standard InChI is InChI=1S/C20H20BrNO2/c1-14(2)11-12-20(24)17-5-3-4-6-18(17)22(19(20)23)13-15-7-9-16(21)10-8-15/h3-11,24H,12-13H2,1-2H3. The lowest BCUT2D eigenvalue weighted by Crippen LogP contribution is -2.39. The molecule has 1 N–H and O–H groups in total. The Balaban J connectivity index is 1.98. The van der Waals surface area contributed by atoms with Crippen molar-refractivity contribution in [3.63, 3.8) is 0 Å². The highest BCUT2D eigenvalue weighted by molar-refractivity contribution is 9.10. The number of aliphatic hydroxyl groups is 1. The van der Waals surface area contributed by atoms with Crippen LogP contribution in [0.2, 0.25) is 0 Å². The molecule has 0 bridgehead atoms. The molecule has 1 atom stereocenters. The minimum Gasteiger partial charge on any atom is -0.375 e. The monoisotopic (exact) mass is 385 g/mol. The number of carbonyl (C=O) groups is 1. The van der Waals surface area contributed by atoms with Crippen LogP contribution < -0.4 is 4.90 Å². The number of fused-ring (bicyclic) bond motifs is 1. The summed E-state index contributed by atoms with van der Waals surface area (Å²) in [6.45, 7) is 4.38. The second-order valence-corrected chi connectivity index (χ2v) is 7.30. The molecule has 0 saturated heterocycles. The van der Waals surface area contributed by atoms with E-state index in [1.165, 1.54) is 0 Å². The van der Waals surface area contributed by atoms with E-state index in [4.69, 9.17) is 0 Å². The zero-order chi connectivity index (χ0) is 17.3. The Kier molecular flexibility index (Phi) is 4.61. The van der Waals surface area contributed by atoms with Crippen LogP contribution in [0.1, 0.15) is 31.4 Å². The minimum atomic E-state index is -1.48. The molecule has 2 aromatic carbocycles. The van der Waals surface area contributed by atoms with E-state index in [0.29, 0.717) is 18.5 Å². The number of amides is 1. The fourth-order valence-electron chi connectivity index (χ4n) is 2.99. The predicted molar refractivity (Wildman–Crippen MR) is 99.7 cm³/mol. The van der Waals surface area contributed by atoms with E-state index in [1.54, 1.807) is 4.90 Å². The molecule has 0 radical (unpaired) electrons. The zero-order valence-electron chi connectivity index (χ0n) is 13.8. The minimum absolute atomic E-state index is 0.260. The van der Waals surface area contributed by atoms with Crippen molar-refractivity contribution in [2.24, 2.45) is 0 Å². The summed E-state index contributed by atoms with van der Waals surface area (Å²) in [7, 11) is 0. The van der Waals surface area contributed by atoms with Gasteiger partial charge in [-0.1, -0.05) is 57.9 Å². The van der Waals surface area contributed by atoms with E-state index in [1.807, 2.05) is 68.5 Å². The number of benzene rings is 2. The van der Waals surface area contributed by atoms with E-state index < -0.39 is 5.60 Å². The van der Waals surface area contributed by atoms with Crippen LogP contribution in [0.25, 0.3) is 0 Å². The molecule has 1 heterocycles. The molecule has 0 aromatic heterocycles. The van der Waals surface area contributed by atoms with Crippen LogP contribution in [-0.2, 0) is 16.9 Å². The Morgan fingerprint density at radius 2 is 1.83 bits per heavy atom. The number of hydrogen-bond donors (Lipinski definition) is 1. The summed E-state index contributed by atoms with van der Waals surface area (Å²) < 4.78 is 1.000. The third-order valence-electron chi connectivity index (χ3n) is 4.30. The largest absolute Gasteiger partial charge is 0.375 e. The van der Waals surface area contributed by atoms with Gasteiger partial charge in [0.25, 0.3) is 5.91 Å². The number of nitrogens with zero attached hydrogens (tertiary/aromatic N) is 1. The Bertz CT molecular complexity index is 794. The molecule has 1 aliphatic heterocycles. The first kappa shape index (κ1) is 16.9. The smallest absolute Gasteiger partial charge is 0.264 e. The molecule has 24 heavy (non-hydrogen) atoms. The maximum Gasteiger partial charge on any atom is 0.264 e. The van der Waals surface area contributed by atoms with E-state index in [-0.39, 0.29) is 5.91 Å². The molecule has 124 valence electrons. The molecular formula is C20H20BrNO2. The van der Waals surface area contributed by atoms with Gasteiger partial charge in [0.15, 0.2) is 5.60 Å². The van der Waals surface area contributed by atoms with Gasteiger partial charge in [-0.15, -0.1) is 0 Å². The highest BCUT2D eigenvalue weighted by Crippen LogP contribution is 2.43. The Morgan fingerprint density at radius 3 is 2.50 bits per heavy atom. The lowest BCUT2D eigenvalue weighted by molar-refractivity contribution is -0.135. The Labute approximate surface area is 150 Å². The van der Waals surface area contributed by atoms with Gasteiger partial charge in [0.1, 0.15) is 0 Å². The summed E-state index contributed by atoms with van der Waals surface area (Å²) in [5.41, 5.74) is 2.09. The summed E-state index contributed by atoms with van der Waals surface area (Å²) in [6, 6.07) is 15.4. The van der Waals surface area contributed by atoms with Crippen molar-refractivity contribution >= 4 is 27.5 Å². The lowest BCUT2D eigenvalue weighted by Gasteiger charge is -2.22. The summed E-state index contributed by atoms with van der Waals surface area (Å²) >= 11 is 3.42. The molecule has 0 spiro atoms. The first-order chi connectivity index (χ1) is 11.4. The van der Waals surface area contributed by atoms with Crippen LogP contribution >= 0.6 is 15.9 Å². The van der Waals surface area contributed by atoms with Crippen LogP contribution in [0.4, 0.5) is 5.69 Å². The number of rotatable bonds is 4. The fourth-order valence-corrected chi connectivity index (χ4v) is 3.25. The van der Waals surface area contributed by atoms with Crippen molar-refractivity contribution in [3.8, 4) is 0 Å². The van der Waals surface area contributed by atoms with Gasteiger partial charge in [-0.25, -0.2) is 0 Å². The first-order valence-electron chi connectivity index (χ1n) is 7.93. The predicted octanol–water partition coefficient (Wildman–Crippen LogP) is 4.54. The Hall–Kier alpha value is -1.91. The highest BCUT2D eigenvalue weighted by atomic mass is 79.9. The van der Waals surface area contributed by atoms with E-state index in [9.17, 15) is 9.90 Å². The quantitative estimate of drug-likeness (QED) is 0.784. The lowest BCUT2D eigenvalue weighted by atomic mass is 9.91. The van der Waals surface area contributed by atoms with Gasteiger partial charge in [0.2, 0.25) is 0 Å². The van der Waals surface area contributed by atoms with Gasteiger partial charge < -0.3 is 10.0 Å². The van der Waals surface area contributed by atoms with Gasteiger partial charge in [-0.2, -0.15) is 0 Å². The van der Waals surface area contributed by atoms with E-state index in [0.717, 1.165) is 21.3 Å². The molecule has 3 rings (SSSR count). The second kappa shape index (κ2) is 6.54. The van der Waals surface area contributed by atoms with E-state index in [2.05, 4.69) is 15.9 Å². The number of carbonyl (C=O) groups excluding carboxylic acids is 1. The van der Waals surface area contributed by atoms with Crippen molar-refractivity contribution in [2.75, 3.05) is 4.90 Å². The van der Waals surface area contributed by atoms with Crippen LogP contribution in [0.5, 0.6) is 0 Å². The fraction of sp³-hybridized carbons (Fsp3) is 0.250. The topological polar surface area (TPSA) is 40.5 Å². The van der Waals surface area contributed by atoms with Crippen molar-refractivity contribution in [3.05, 3.63) is 75.8 Å². The number of hydrogen-bond acceptors (Lipinski definition) is 2. The summed E-state index contributed by atoms with van der Waals surface area (Å²) in [5.74, 6) is -0.260. The maximum absolute atomic E-state index is 13.0. The molecule has 1 amide bonds. The van der Waals surface area contributed by atoms with Gasteiger partial charge in [0, 0.05) is 16.5 Å². The SMILES string of the molecule is CC(C)=CCC1(O)C(=O)N(Cc2ccc(Br)cc2)c2ccccc21. The third kappa shape index (κ3) is 3.04. The van der Waals surface area contributed by atoms with Crippen molar-refractivity contribution in [1.29, 1.82) is 0 Å². The number of halogens is 1. The third-order valence-corrected chi connectivity index (χ3v) is 4.83. The van der Waals surface area contributed by atoms with Gasteiger partial charge in [0.05, 0.1) is 12.2 Å². The first-order valence-corrected chi connectivity index (χ1v) is 8.73. The zero-order valence-corrected chi connectivity index (χ0v) is 15.4. The molecule has 0 fully saturated rings. The van der Waals surface area contributed by atoms with Crippen LogP contribution in [0.3, 0.4) is 0 Å². The molecule has 0 saturated carbocycles.